The van der Waals surface area contributed by atoms with E-state index in [-0.39, 0.29) is 5.12 Å². The van der Waals surface area contributed by atoms with Crippen molar-refractivity contribution in [3.63, 3.8) is 0 Å². The van der Waals surface area contributed by atoms with E-state index in [1.807, 2.05) is 12.1 Å². The molecule has 1 rings (SSSR count). The Balaban J connectivity index is 2.63. The average Bonchev–Trinajstić information content (AvgIpc) is 2.17. The molecule has 0 fully saturated rings. The third-order valence-corrected chi connectivity index (χ3v) is 3.18. The number of aryl methyl sites for hydroxylation is 1. The Kier molecular flexibility index (Phi) is 5.12. The zero-order valence-corrected chi connectivity index (χ0v) is 11.2. The number of rotatable bonds is 3. The van der Waals surface area contributed by atoms with Crippen LogP contribution in [0.5, 0.6) is 0 Å². The SMILES string of the molecule is CC(=O)SCC=Cc1cc(Br)ccc1C. The third-order valence-electron chi connectivity index (χ3n) is 1.92. The van der Waals surface area contributed by atoms with E-state index in [0.717, 1.165) is 10.2 Å². The summed E-state index contributed by atoms with van der Waals surface area (Å²) in [5.41, 5.74) is 2.43. The molecular formula is C12H13BrOS. The molecule has 0 bridgehead atoms. The van der Waals surface area contributed by atoms with Crippen molar-refractivity contribution in [2.45, 2.75) is 13.8 Å². The summed E-state index contributed by atoms with van der Waals surface area (Å²) in [7, 11) is 0. The van der Waals surface area contributed by atoms with Crippen molar-refractivity contribution in [3.05, 3.63) is 39.9 Å². The van der Waals surface area contributed by atoms with Crippen LogP contribution in [0.2, 0.25) is 0 Å². The van der Waals surface area contributed by atoms with Crippen LogP contribution >= 0.6 is 27.7 Å². The lowest BCUT2D eigenvalue weighted by Gasteiger charge is -2.00. The van der Waals surface area contributed by atoms with Crippen LogP contribution in [0.15, 0.2) is 28.7 Å². The van der Waals surface area contributed by atoms with Gasteiger partial charge >= 0.3 is 0 Å². The first-order valence-electron chi connectivity index (χ1n) is 4.65. The molecule has 0 radical (unpaired) electrons. The van der Waals surface area contributed by atoms with E-state index in [1.54, 1.807) is 6.92 Å². The molecule has 0 spiro atoms. The predicted octanol–water partition coefficient (Wildman–Crippen LogP) is 4.05. The first-order chi connectivity index (χ1) is 7.09. The molecule has 80 valence electrons. The van der Waals surface area contributed by atoms with Gasteiger partial charge in [0.2, 0.25) is 0 Å². The molecule has 0 saturated heterocycles. The summed E-state index contributed by atoms with van der Waals surface area (Å²) in [5, 5.41) is 0.158. The third kappa shape index (κ3) is 4.67. The topological polar surface area (TPSA) is 17.1 Å². The summed E-state index contributed by atoms with van der Waals surface area (Å²) in [6.07, 6.45) is 4.07. The Morgan fingerprint density at radius 3 is 2.93 bits per heavy atom. The molecule has 0 aliphatic carbocycles. The standard InChI is InChI=1S/C12H13BrOS/c1-9-5-6-12(13)8-11(9)4-3-7-15-10(2)14/h3-6,8H,7H2,1-2H3. The highest BCUT2D eigenvalue weighted by Crippen LogP contribution is 2.17. The van der Waals surface area contributed by atoms with Gasteiger partial charge in [0.05, 0.1) is 0 Å². The van der Waals surface area contributed by atoms with E-state index in [2.05, 4.69) is 41.1 Å². The van der Waals surface area contributed by atoms with Gasteiger partial charge in [0.25, 0.3) is 0 Å². The van der Waals surface area contributed by atoms with Crippen molar-refractivity contribution in [1.82, 2.24) is 0 Å². The van der Waals surface area contributed by atoms with Crippen molar-refractivity contribution in [3.8, 4) is 0 Å². The summed E-state index contributed by atoms with van der Waals surface area (Å²) in [4.78, 5) is 10.7. The molecule has 15 heavy (non-hydrogen) atoms. The van der Waals surface area contributed by atoms with Gasteiger partial charge in [-0.3, -0.25) is 4.79 Å². The second kappa shape index (κ2) is 6.13. The monoisotopic (exact) mass is 284 g/mol. The molecule has 1 nitrogen and oxygen atoms in total. The van der Waals surface area contributed by atoms with Gasteiger partial charge in [-0.25, -0.2) is 0 Å². The molecule has 3 heteroatoms. The molecule has 0 amide bonds. The minimum absolute atomic E-state index is 0.158. The van der Waals surface area contributed by atoms with Gasteiger partial charge in [-0.15, -0.1) is 0 Å². The lowest BCUT2D eigenvalue weighted by atomic mass is 10.1. The highest BCUT2D eigenvalue weighted by atomic mass is 79.9. The molecule has 0 aromatic heterocycles. The quantitative estimate of drug-likeness (QED) is 0.833. The van der Waals surface area contributed by atoms with E-state index in [0.29, 0.717) is 0 Å². The van der Waals surface area contributed by atoms with Crippen molar-refractivity contribution in [2.24, 2.45) is 0 Å². The highest BCUT2D eigenvalue weighted by Gasteiger charge is 1.95. The summed E-state index contributed by atoms with van der Waals surface area (Å²) in [6, 6.07) is 6.17. The van der Waals surface area contributed by atoms with Crippen LogP contribution in [-0.4, -0.2) is 10.9 Å². The molecular weight excluding hydrogens is 272 g/mol. The summed E-state index contributed by atoms with van der Waals surface area (Å²) < 4.78 is 1.08. The van der Waals surface area contributed by atoms with E-state index >= 15 is 0 Å². The smallest absolute Gasteiger partial charge is 0.186 e. The Labute approximate surface area is 103 Å². The Morgan fingerprint density at radius 2 is 2.27 bits per heavy atom. The van der Waals surface area contributed by atoms with Crippen LogP contribution in [0.3, 0.4) is 0 Å². The van der Waals surface area contributed by atoms with Gasteiger partial charge in [-0.05, 0) is 30.2 Å². The highest BCUT2D eigenvalue weighted by molar-refractivity contribution is 9.10. The van der Waals surface area contributed by atoms with E-state index < -0.39 is 0 Å². The fourth-order valence-corrected chi connectivity index (χ4v) is 1.94. The molecule has 0 saturated carbocycles. The van der Waals surface area contributed by atoms with Gasteiger partial charge in [0.1, 0.15) is 0 Å². The van der Waals surface area contributed by atoms with Crippen LogP contribution in [0.1, 0.15) is 18.1 Å². The lowest BCUT2D eigenvalue weighted by Crippen LogP contribution is -1.83. The van der Waals surface area contributed by atoms with Crippen molar-refractivity contribution >= 4 is 38.9 Å². The van der Waals surface area contributed by atoms with E-state index in [1.165, 1.54) is 22.9 Å². The second-order valence-electron chi connectivity index (χ2n) is 3.21. The van der Waals surface area contributed by atoms with Gasteiger partial charge in [-0.1, -0.05) is 45.9 Å². The molecule has 0 unspecified atom stereocenters. The van der Waals surface area contributed by atoms with Crippen molar-refractivity contribution in [2.75, 3.05) is 5.75 Å². The molecule has 1 aromatic carbocycles. The first kappa shape index (κ1) is 12.5. The fraction of sp³-hybridized carbons (Fsp3) is 0.250. The van der Waals surface area contributed by atoms with Gasteiger partial charge in [-0.2, -0.15) is 0 Å². The van der Waals surface area contributed by atoms with Crippen LogP contribution in [0.25, 0.3) is 6.08 Å². The Morgan fingerprint density at radius 1 is 1.53 bits per heavy atom. The number of benzene rings is 1. The number of halogens is 1. The molecule has 0 N–H and O–H groups in total. The molecule has 0 aliphatic heterocycles. The fourth-order valence-electron chi connectivity index (χ4n) is 1.13. The normalized spacial score (nSPS) is 10.9. The zero-order valence-electron chi connectivity index (χ0n) is 8.79. The maximum absolute atomic E-state index is 10.7. The number of thioether (sulfide) groups is 1. The Bertz CT molecular complexity index is 385. The molecule has 0 heterocycles. The summed E-state index contributed by atoms with van der Waals surface area (Å²) >= 11 is 4.76. The maximum Gasteiger partial charge on any atom is 0.186 e. The van der Waals surface area contributed by atoms with Crippen LogP contribution < -0.4 is 0 Å². The first-order valence-corrected chi connectivity index (χ1v) is 6.43. The summed E-state index contributed by atoms with van der Waals surface area (Å²) in [6.45, 7) is 3.66. The number of hydrogen-bond donors (Lipinski definition) is 0. The number of carbonyl (C=O) groups excluding carboxylic acids is 1. The van der Waals surface area contributed by atoms with Gasteiger partial charge in [0, 0.05) is 17.1 Å². The number of hydrogen-bond acceptors (Lipinski definition) is 2. The van der Waals surface area contributed by atoms with Gasteiger partial charge < -0.3 is 0 Å². The minimum atomic E-state index is 0.158. The van der Waals surface area contributed by atoms with Crippen LogP contribution in [0, 0.1) is 6.92 Å². The van der Waals surface area contributed by atoms with Gasteiger partial charge in [0.15, 0.2) is 5.12 Å². The minimum Gasteiger partial charge on any atom is -0.288 e. The molecule has 0 atom stereocenters. The summed E-state index contributed by atoms with van der Waals surface area (Å²) in [5.74, 6) is 0.737. The lowest BCUT2D eigenvalue weighted by molar-refractivity contribution is -0.109. The Hall–Kier alpha value is -0.540. The van der Waals surface area contributed by atoms with Crippen molar-refractivity contribution in [1.29, 1.82) is 0 Å². The largest absolute Gasteiger partial charge is 0.288 e. The van der Waals surface area contributed by atoms with E-state index in [4.69, 9.17) is 0 Å². The van der Waals surface area contributed by atoms with Crippen LogP contribution in [-0.2, 0) is 4.79 Å². The predicted molar refractivity (Wildman–Crippen MR) is 71.1 cm³/mol. The molecule has 1 aromatic rings. The van der Waals surface area contributed by atoms with E-state index in [9.17, 15) is 4.79 Å². The maximum atomic E-state index is 10.7. The second-order valence-corrected chi connectivity index (χ2v) is 5.32. The van der Waals surface area contributed by atoms with Crippen LogP contribution in [0.4, 0.5) is 0 Å². The molecule has 0 aliphatic rings. The average molecular weight is 285 g/mol. The van der Waals surface area contributed by atoms with Crippen molar-refractivity contribution < 1.29 is 4.79 Å². The zero-order chi connectivity index (χ0) is 11.3. The number of carbonyl (C=O) groups is 1.